The summed E-state index contributed by atoms with van der Waals surface area (Å²) < 4.78 is 0. The summed E-state index contributed by atoms with van der Waals surface area (Å²) in [7, 11) is 0. The third-order valence-corrected chi connectivity index (χ3v) is 3.60. The highest BCUT2D eigenvalue weighted by Gasteiger charge is 2.02. The highest BCUT2D eigenvalue weighted by Crippen LogP contribution is 2.21. The van der Waals surface area contributed by atoms with Crippen molar-refractivity contribution in [2.24, 2.45) is 17.0 Å². The molecule has 0 aromatic heterocycles. The quantitative estimate of drug-likeness (QED) is 0.610. The third kappa shape index (κ3) is 6.43. The van der Waals surface area contributed by atoms with Crippen molar-refractivity contribution in [1.82, 2.24) is 0 Å². The van der Waals surface area contributed by atoms with Gasteiger partial charge in [-0.3, -0.25) is 5.14 Å². The Morgan fingerprint density at radius 2 is 1.30 bits per heavy atom. The van der Waals surface area contributed by atoms with Gasteiger partial charge < -0.3 is 0 Å². The minimum atomic E-state index is -0.159. The lowest BCUT2D eigenvalue weighted by molar-refractivity contribution is 0.725. The van der Waals surface area contributed by atoms with E-state index >= 15 is 0 Å². The van der Waals surface area contributed by atoms with Gasteiger partial charge in [-0.25, -0.2) is 11.1 Å². The molecule has 0 heterocycles. The number of hydrogen-bond acceptors (Lipinski definition) is 1. The summed E-state index contributed by atoms with van der Waals surface area (Å²) >= 11 is -0.159. The van der Waals surface area contributed by atoms with E-state index < -0.39 is 0 Å². The smallest absolute Gasteiger partial charge is 0.0115 e. The van der Waals surface area contributed by atoms with Crippen LogP contribution in [-0.2, 0) is 0 Å². The first-order chi connectivity index (χ1) is 4.52. The lowest BCUT2D eigenvalue weighted by Crippen LogP contribution is -2.11. The van der Waals surface area contributed by atoms with Gasteiger partial charge in [0.25, 0.3) is 0 Å². The lowest BCUT2D eigenvalue weighted by Gasteiger charge is -2.19. The van der Waals surface area contributed by atoms with E-state index in [9.17, 15) is 0 Å². The summed E-state index contributed by atoms with van der Waals surface area (Å²) in [4.78, 5) is 0. The van der Waals surface area contributed by atoms with Crippen LogP contribution >= 0.6 is 11.1 Å². The van der Waals surface area contributed by atoms with Gasteiger partial charge in [0.05, 0.1) is 0 Å². The van der Waals surface area contributed by atoms with Gasteiger partial charge in [-0.1, -0.05) is 27.7 Å². The predicted octanol–water partition coefficient (Wildman–Crippen LogP) is 2.17. The molecule has 0 aliphatic heterocycles. The summed E-state index contributed by atoms with van der Waals surface area (Å²) in [6, 6.07) is 0. The topological polar surface area (TPSA) is 26.0 Å². The molecule has 0 bridgehead atoms. The molecule has 0 atom stereocenters. The molecular formula is C8H21NS. The molecule has 1 nitrogen and oxygen atoms in total. The van der Waals surface area contributed by atoms with Gasteiger partial charge in [-0.05, 0) is 23.3 Å². The van der Waals surface area contributed by atoms with E-state index in [0.29, 0.717) is 0 Å². The van der Waals surface area contributed by atoms with Crippen LogP contribution in [0.15, 0.2) is 0 Å². The Bertz CT molecular complexity index is 71.3. The first-order valence-corrected chi connectivity index (χ1v) is 5.80. The first kappa shape index (κ1) is 10.3. The summed E-state index contributed by atoms with van der Waals surface area (Å²) in [6.07, 6.45) is 0. The summed E-state index contributed by atoms with van der Waals surface area (Å²) in [5, 5.41) is 5.94. The standard InChI is InChI=1S/C8H21NS/c1-7(2)5-10(9)6-8(3)4/h7-8,10H,5-6,9H2,1-4H3. The fourth-order valence-corrected chi connectivity index (χ4v) is 3.04. The molecule has 0 aromatic carbocycles. The molecule has 0 fully saturated rings. The van der Waals surface area contributed by atoms with Gasteiger partial charge in [-0.2, -0.15) is 0 Å². The Hall–Kier alpha value is 0.310. The third-order valence-electron chi connectivity index (χ3n) is 1.20. The molecule has 64 valence electrons. The maximum atomic E-state index is 5.94. The highest BCUT2D eigenvalue weighted by atomic mass is 32.2. The fraction of sp³-hybridized carbons (Fsp3) is 1.00. The fourth-order valence-electron chi connectivity index (χ4n) is 1.01. The zero-order chi connectivity index (χ0) is 8.15. The van der Waals surface area contributed by atoms with E-state index in [1.807, 2.05) is 0 Å². The van der Waals surface area contributed by atoms with Gasteiger partial charge in [0.2, 0.25) is 0 Å². The molecule has 0 aliphatic rings. The van der Waals surface area contributed by atoms with Crippen molar-refractivity contribution in [3.63, 3.8) is 0 Å². The molecule has 0 spiro atoms. The van der Waals surface area contributed by atoms with Crippen LogP contribution in [0.2, 0.25) is 0 Å². The van der Waals surface area contributed by atoms with E-state index in [2.05, 4.69) is 27.7 Å². The van der Waals surface area contributed by atoms with E-state index in [1.165, 1.54) is 11.5 Å². The maximum absolute atomic E-state index is 5.94. The second-order valence-electron chi connectivity index (χ2n) is 3.74. The van der Waals surface area contributed by atoms with Crippen LogP contribution in [0.25, 0.3) is 0 Å². The van der Waals surface area contributed by atoms with Crippen LogP contribution in [0.4, 0.5) is 0 Å². The molecule has 0 saturated carbocycles. The zero-order valence-corrected chi connectivity index (χ0v) is 8.49. The Balaban J connectivity index is 3.34. The second kappa shape index (κ2) is 5.03. The van der Waals surface area contributed by atoms with Crippen LogP contribution in [0.1, 0.15) is 27.7 Å². The van der Waals surface area contributed by atoms with Crippen molar-refractivity contribution in [1.29, 1.82) is 0 Å². The second-order valence-corrected chi connectivity index (χ2v) is 5.65. The molecule has 0 amide bonds. The molecule has 0 aliphatic carbocycles. The number of hydrogen-bond donors (Lipinski definition) is 2. The Kier molecular flexibility index (Phi) is 5.18. The predicted molar refractivity (Wildman–Crippen MR) is 52.6 cm³/mol. The van der Waals surface area contributed by atoms with E-state index in [-0.39, 0.29) is 11.1 Å². The van der Waals surface area contributed by atoms with Gasteiger partial charge in [0.15, 0.2) is 0 Å². The van der Waals surface area contributed by atoms with Crippen molar-refractivity contribution in [3.8, 4) is 0 Å². The van der Waals surface area contributed by atoms with Gasteiger partial charge in [0, 0.05) is 0 Å². The number of rotatable bonds is 4. The van der Waals surface area contributed by atoms with Gasteiger partial charge in [-0.15, -0.1) is 0 Å². The van der Waals surface area contributed by atoms with Crippen LogP contribution in [-0.4, -0.2) is 11.5 Å². The van der Waals surface area contributed by atoms with Crippen molar-refractivity contribution in [2.45, 2.75) is 27.7 Å². The molecule has 0 saturated heterocycles. The summed E-state index contributed by atoms with van der Waals surface area (Å²) in [5.41, 5.74) is 0. The molecule has 0 aromatic rings. The van der Waals surface area contributed by atoms with E-state index in [0.717, 1.165) is 11.8 Å². The molecule has 0 unspecified atom stereocenters. The lowest BCUT2D eigenvalue weighted by atomic mass is 10.3. The van der Waals surface area contributed by atoms with E-state index in [4.69, 9.17) is 5.14 Å². The molecule has 2 heteroatoms. The SMILES string of the molecule is CC(C)C[SH](N)CC(C)C. The van der Waals surface area contributed by atoms with Crippen LogP contribution in [0.3, 0.4) is 0 Å². The average Bonchev–Trinajstić information content (AvgIpc) is 1.58. The normalized spacial score (nSPS) is 12.9. The summed E-state index contributed by atoms with van der Waals surface area (Å²) in [6.45, 7) is 8.95. The van der Waals surface area contributed by atoms with Crippen molar-refractivity contribution < 1.29 is 0 Å². The Morgan fingerprint density at radius 3 is 1.50 bits per heavy atom. The average molecular weight is 163 g/mol. The first-order valence-electron chi connectivity index (χ1n) is 4.02. The number of nitrogens with two attached hydrogens (primary N) is 1. The molecular weight excluding hydrogens is 142 g/mol. The summed E-state index contributed by atoms with van der Waals surface area (Å²) in [5.74, 6) is 4.01. The molecule has 0 radical (unpaired) electrons. The van der Waals surface area contributed by atoms with Crippen LogP contribution < -0.4 is 5.14 Å². The minimum absolute atomic E-state index is 0.159. The molecule has 0 rings (SSSR count). The van der Waals surface area contributed by atoms with Crippen molar-refractivity contribution in [2.75, 3.05) is 11.5 Å². The molecule has 10 heavy (non-hydrogen) atoms. The van der Waals surface area contributed by atoms with Crippen LogP contribution in [0, 0.1) is 11.8 Å². The minimum Gasteiger partial charge on any atom is -0.297 e. The van der Waals surface area contributed by atoms with Gasteiger partial charge >= 0.3 is 0 Å². The Morgan fingerprint density at radius 1 is 1.00 bits per heavy atom. The number of thiol groups is 1. The van der Waals surface area contributed by atoms with Gasteiger partial charge in [0.1, 0.15) is 0 Å². The Labute approximate surface area is 67.9 Å². The van der Waals surface area contributed by atoms with E-state index in [1.54, 1.807) is 0 Å². The molecule has 2 N–H and O–H groups in total. The highest BCUT2D eigenvalue weighted by molar-refractivity contribution is 8.15. The largest absolute Gasteiger partial charge is 0.297 e. The van der Waals surface area contributed by atoms with Crippen molar-refractivity contribution >= 4 is 11.1 Å². The van der Waals surface area contributed by atoms with Crippen LogP contribution in [0.5, 0.6) is 0 Å². The monoisotopic (exact) mass is 163 g/mol. The van der Waals surface area contributed by atoms with Crippen molar-refractivity contribution in [3.05, 3.63) is 0 Å². The maximum Gasteiger partial charge on any atom is -0.0115 e. The zero-order valence-electron chi connectivity index (χ0n) is 7.59.